The minimum atomic E-state index is -0.577. The van der Waals surface area contributed by atoms with Gasteiger partial charge in [-0.1, -0.05) is 369 Å². The highest BCUT2D eigenvalue weighted by atomic mass is 79.9. The number of hydrogen-bond acceptors (Lipinski definition) is 6. The van der Waals surface area contributed by atoms with E-state index in [4.69, 9.17) is 42.4 Å². The SMILES string of the molecule is Brc1ccc(-c2cc(-c3ccccc3)nc(-c3ccccc3)n2)cc1.C.[C-]#[N+]c1cccc2c1-c1ccc(-c3ccc(-c4cc(-c5ccccc5)nc(-c5ccccc5)n4)cc3)cc1C2(c1ccccc1)c1ccccc1.[C-]#[N+]c1cccc2c1-c1ccc(B3OC(C)(C)C(C)(C)O3)cc1C2(c1ccccc1)c1ccccc1. The van der Waals surface area contributed by atoms with E-state index in [1.165, 1.54) is 27.8 Å². The molecule has 0 bridgehead atoms. The number of hydrogen-bond donors (Lipinski definition) is 0. The zero-order valence-corrected chi connectivity index (χ0v) is 63.8. The van der Waals surface area contributed by atoms with E-state index in [1.807, 2.05) is 127 Å². The molecule has 1 fully saturated rings. The van der Waals surface area contributed by atoms with Crippen molar-refractivity contribution in [1.29, 1.82) is 0 Å². The van der Waals surface area contributed by atoms with Crippen molar-refractivity contribution in [3.8, 4) is 101 Å². The van der Waals surface area contributed by atoms with Crippen LogP contribution in [0.25, 0.3) is 111 Å². The highest BCUT2D eigenvalue weighted by Gasteiger charge is 2.54. The van der Waals surface area contributed by atoms with Crippen LogP contribution in [0.5, 0.6) is 0 Å². The van der Waals surface area contributed by atoms with Gasteiger partial charge in [0.25, 0.3) is 0 Å². The van der Waals surface area contributed by atoms with Gasteiger partial charge in [0.2, 0.25) is 0 Å². The quantitative estimate of drug-likeness (QED) is 0.0896. The fraction of sp³-hybridized carbons (Fsp3) is 0.0874. The van der Waals surface area contributed by atoms with E-state index in [-0.39, 0.29) is 7.43 Å². The Morgan fingerprint density at radius 1 is 0.292 bits per heavy atom. The maximum Gasteiger partial charge on any atom is 0.494 e. The highest BCUT2D eigenvalue weighted by Crippen LogP contribution is 2.61. The first-order valence-electron chi connectivity index (χ1n) is 37.6. The summed E-state index contributed by atoms with van der Waals surface area (Å²) in [5.74, 6) is 1.44. The highest BCUT2D eigenvalue weighted by molar-refractivity contribution is 9.10. The molecule has 1 aliphatic heterocycles. The van der Waals surface area contributed by atoms with Crippen LogP contribution in [0.4, 0.5) is 11.4 Å². The van der Waals surface area contributed by atoms with E-state index < -0.39 is 29.2 Å². The van der Waals surface area contributed by atoms with Crippen molar-refractivity contribution in [2.75, 3.05) is 0 Å². The van der Waals surface area contributed by atoms with Gasteiger partial charge in [-0.15, -0.1) is 0 Å². The van der Waals surface area contributed by atoms with Crippen LogP contribution in [0.1, 0.15) is 79.6 Å². The topological polar surface area (TPSA) is 78.7 Å². The molecule has 0 spiro atoms. The van der Waals surface area contributed by atoms with Gasteiger partial charge in [-0.05, 0) is 141 Å². The van der Waals surface area contributed by atoms with E-state index in [1.54, 1.807) is 0 Å². The van der Waals surface area contributed by atoms with Gasteiger partial charge in [0.1, 0.15) is 0 Å². The average molecular weight is 1520 g/mol. The minimum Gasteiger partial charge on any atom is -0.399 e. The molecule has 0 unspecified atom stereocenters. The summed E-state index contributed by atoms with van der Waals surface area (Å²) < 4.78 is 13.9. The van der Waals surface area contributed by atoms with Crippen molar-refractivity contribution in [1.82, 2.24) is 19.9 Å². The summed E-state index contributed by atoms with van der Waals surface area (Å²) in [6, 6.07) is 130. The van der Waals surface area contributed by atoms with E-state index in [2.05, 4.69) is 302 Å². The molecule has 113 heavy (non-hydrogen) atoms. The zero-order chi connectivity index (χ0) is 76.4. The third-order valence-corrected chi connectivity index (χ3v) is 22.7. The molecule has 19 rings (SSSR count). The van der Waals surface area contributed by atoms with Gasteiger partial charge in [0, 0.05) is 37.9 Å². The van der Waals surface area contributed by atoms with Crippen molar-refractivity contribution in [2.24, 2.45) is 0 Å². The monoisotopic (exact) mass is 1520 g/mol. The lowest BCUT2D eigenvalue weighted by Gasteiger charge is -2.34. The molecule has 14 aromatic carbocycles. The number of fused-ring (bicyclic) bond motifs is 6. The molecular formula is C103H78BBrN6O2. The molecule has 3 heterocycles. The van der Waals surface area contributed by atoms with Crippen LogP contribution in [-0.2, 0) is 20.1 Å². The van der Waals surface area contributed by atoms with E-state index in [0.717, 1.165) is 122 Å². The van der Waals surface area contributed by atoms with Gasteiger partial charge in [-0.25, -0.2) is 29.6 Å². The summed E-state index contributed by atoms with van der Waals surface area (Å²) in [5.41, 5.74) is 25.9. The Labute approximate surface area is 670 Å². The third kappa shape index (κ3) is 13.7. The summed E-state index contributed by atoms with van der Waals surface area (Å²) in [5, 5.41) is 0. The van der Waals surface area contributed by atoms with Crippen molar-refractivity contribution < 1.29 is 9.31 Å². The molecule has 10 heteroatoms. The lowest BCUT2D eigenvalue weighted by molar-refractivity contribution is 0.00578. The number of aromatic nitrogens is 4. The molecule has 0 N–H and O–H groups in total. The molecule has 0 amide bonds. The predicted molar refractivity (Wildman–Crippen MR) is 466 cm³/mol. The normalized spacial score (nSPS) is 13.8. The average Bonchev–Trinajstić information content (AvgIpc) is 1.54. The van der Waals surface area contributed by atoms with Crippen LogP contribution in [0.2, 0.25) is 0 Å². The fourth-order valence-electron chi connectivity index (χ4n) is 16.1. The van der Waals surface area contributed by atoms with Gasteiger partial charge < -0.3 is 9.31 Å². The molecule has 0 atom stereocenters. The van der Waals surface area contributed by atoms with Crippen molar-refractivity contribution in [3.05, 3.63) is 448 Å². The molecule has 2 aromatic heterocycles. The second-order valence-corrected chi connectivity index (χ2v) is 30.1. The standard InChI is InChI=1S/C48H31N3.C32H28BNO2.C22H15BrN2.CH4/c1-49-43-24-14-23-41-46(43)40-30-29-37(31-42(40)48(41,38-19-10-4-11-20-38)39-21-12-5-13-22-39)33-25-27-35(28-26-33)45-32-44(34-15-6-2-7-16-34)50-47(51-45)36-17-8-3-9-18-36;1-30(2)31(3,4)36-33(35-30)24-19-20-25-27(21-24)32(22-13-8-6-9-14-22,23-15-10-7-11-16-23)26-17-12-18-28(34-5)29(25)26;23-19-13-11-17(12-14-19)21-15-20(16-7-3-1-4-8-16)24-22(25-21)18-9-5-2-6-10-18;/h2-32H;6-21H,1-4H3;1-15H;1H4. The summed E-state index contributed by atoms with van der Waals surface area (Å²) in [4.78, 5) is 27.5. The van der Waals surface area contributed by atoms with Gasteiger partial charge in [-0.2, -0.15) is 0 Å². The second-order valence-electron chi connectivity index (χ2n) is 29.2. The second kappa shape index (κ2) is 31.2. The van der Waals surface area contributed by atoms with Crippen LogP contribution in [-0.4, -0.2) is 38.3 Å². The maximum absolute atomic E-state index is 8.10. The molecule has 3 aliphatic rings. The summed E-state index contributed by atoms with van der Waals surface area (Å²) in [6.07, 6.45) is 0. The number of rotatable bonds is 12. The first-order chi connectivity index (χ1) is 54.8. The minimum absolute atomic E-state index is 0. The smallest absolute Gasteiger partial charge is 0.399 e. The van der Waals surface area contributed by atoms with E-state index >= 15 is 0 Å². The van der Waals surface area contributed by atoms with Gasteiger partial charge in [-0.3, -0.25) is 0 Å². The Hall–Kier alpha value is -13.3. The molecule has 2 aliphatic carbocycles. The molecular weight excluding hydrogens is 1440 g/mol. The molecule has 542 valence electrons. The summed E-state index contributed by atoms with van der Waals surface area (Å²) in [7, 11) is -0.464. The Kier molecular flexibility index (Phi) is 20.4. The summed E-state index contributed by atoms with van der Waals surface area (Å²) in [6.45, 7) is 24.4. The largest absolute Gasteiger partial charge is 0.494 e. The predicted octanol–water partition coefficient (Wildman–Crippen LogP) is 25.8. The van der Waals surface area contributed by atoms with Gasteiger partial charge in [0.05, 0.1) is 58.0 Å². The Bertz CT molecular complexity index is 5990. The molecule has 16 aromatic rings. The lowest BCUT2D eigenvalue weighted by Crippen LogP contribution is -2.41. The van der Waals surface area contributed by atoms with Gasteiger partial charge >= 0.3 is 7.12 Å². The Morgan fingerprint density at radius 3 is 0.956 bits per heavy atom. The van der Waals surface area contributed by atoms with Crippen LogP contribution in [0, 0.1) is 13.1 Å². The molecule has 8 nitrogen and oxygen atoms in total. The molecule has 0 radical (unpaired) electrons. The Morgan fingerprint density at radius 2 is 0.593 bits per heavy atom. The maximum atomic E-state index is 8.10. The van der Waals surface area contributed by atoms with Crippen molar-refractivity contribution in [2.45, 2.75) is 57.2 Å². The van der Waals surface area contributed by atoms with Crippen LogP contribution < -0.4 is 5.46 Å². The van der Waals surface area contributed by atoms with Crippen LogP contribution in [0.3, 0.4) is 0 Å². The van der Waals surface area contributed by atoms with Crippen molar-refractivity contribution in [3.63, 3.8) is 0 Å². The van der Waals surface area contributed by atoms with Crippen molar-refractivity contribution >= 4 is 39.9 Å². The zero-order valence-electron chi connectivity index (χ0n) is 62.3. The third-order valence-electron chi connectivity index (χ3n) is 22.2. The number of halogens is 1. The number of nitrogens with zero attached hydrogens (tertiary/aromatic N) is 6. The van der Waals surface area contributed by atoms with Crippen LogP contribution >= 0.6 is 15.9 Å². The van der Waals surface area contributed by atoms with E-state index in [9.17, 15) is 0 Å². The lowest BCUT2D eigenvalue weighted by atomic mass is 9.66. The molecule has 1 saturated heterocycles. The fourth-order valence-corrected chi connectivity index (χ4v) is 16.4. The Balaban J connectivity index is 0.000000136. The number of benzene rings is 14. The summed E-state index contributed by atoms with van der Waals surface area (Å²) >= 11 is 3.49. The first kappa shape index (κ1) is 73.8. The van der Waals surface area contributed by atoms with E-state index in [0.29, 0.717) is 17.2 Å². The van der Waals surface area contributed by atoms with Gasteiger partial charge in [0.15, 0.2) is 23.0 Å². The first-order valence-corrected chi connectivity index (χ1v) is 38.4. The molecule has 0 saturated carbocycles. The van der Waals surface area contributed by atoms with Crippen LogP contribution in [0.15, 0.2) is 381 Å².